The highest BCUT2D eigenvalue weighted by atomic mass is 35.5. The first kappa shape index (κ1) is 19.5. The van der Waals surface area contributed by atoms with E-state index in [1.54, 1.807) is 13.0 Å². The molecule has 0 heterocycles. The van der Waals surface area contributed by atoms with Crippen molar-refractivity contribution in [3.8, 4) is 17.2 Å². The van der Waals surface area contributed by atoms with E-state index in [2.05, 4.69) is 4.72 Å². The summed E-state index contributed by atoms with van der Waals surface area (Å²) in [6, 6.07) is 7.26. The SMILES string of the molecule is CCOc1ccc(Cl)cc1S(=O)(=O)Nc1cc(OC)c(Cl)cc1OC. The third-order valence-corrected chi connectivity index (χ3v) is 5.13. The quantitative estimate of drug-likeness (QED) is 0.746. The summed E-state index contributed by atoms with van der Waals surface area (Å²) in [5.74, 6) is 0.741. The Labute approximate surface area is 156 Å². The number of benzene rings is 2. The Morgan fingerprint density at radius 1 is 1.00 bits per heavy atom. The molecule has 0 aliphatic heterocycles. The molecular weight excluding hydrogens is 389 g/mol. The van der Waals surface area contributed by atoms with Crippen LogP contribution in [0.5, 0.6) is 17.2 Å². The molecule has 0 atom stereocenters. The van der Waals surface area contributed by atoms with Crippen LogP contribution in [0, 0.1) is 0 Å². The van der Waals surface area contributed by atoms with Gasteiger partial charge in [0.25, 0.3) is 10.0 Å². The van der Waals surface area contributed by atoms with Crippen LogP contribution in [0.1, 0.15) is 6.92 Å². The number of hydrogen-bond donors (Lipinski definition) is 1. The van der Waals surface area contributed by atoms with Gasteiger partial charge in [-0.25, -0.2) is 8.42 Å². The predicted molar refractivity (Wildman–Crippen MR) is 98.0 cm³/mol. The van der Waals surface area contributed by atoms with Crippen molar-refractivity contribution in [2.24, 2.45) is 0 Å². The van der Waals surface area contributed by atoms with E-state index >= 15 is 0 Å². The summed E-state index contributed by atoms with van der Waals surface area (Å²) >= 11 is 12.0. The largest absolute Gasteiger partial charge is 0.495 e. The van der Waals surface area contributed by atoms with Gasteiger partial charge in [-0.1, -0.05) is 23.2 Å². The van der Waals surface area contributed by atoms with Crippen LogP contribution >= 0.6 is 23.2 Å². The lowest BCUT2D eigenvalue weighted by Gasteiger charge is -2.16. The van der Waals surface area contributed by atoms with Crippen LogP contribution in [0.4, 0.5) is 5.69 Å². The van der Waals surface area contributed by atoms with Gasteiger partial charge in [-0.05, 0) is 25.1 Å². The average molecular weight is 406 g/mol. The molecule has 2 aromatic carbocycles. The maximum Gasteiger partial charge on any atom is 0.265 e. The van der Waals surface area contributed by atoms with Gasteiger partial charge in [0.1, 0.15) is 22.1 Å². The van der Waals surface area contributed by atoms with Crippen LogP contribution in [0.2, 0.25) is 10.0 Å². The second kappa shape index (κ2) is 8.03. The summed E-state index contributed by atoms with van der Waals surface area (Å²) in [4.78, 5) is -0.0854. The van der Waals surface area contributed by atoms with Crippen LogP contribution in [-0.4, -0.2) is 29.2 Å². The van der Waals surface area contributed by atoms with Gasteiger partial charge in [-0.3, -0.25) is 4.72 Å². The lowest BCUT2D eigenvalue weighted by molar-refractivity contribution is 0.331. The number of ether oxygens (including phenoxy) is 3. The molecule has 0 unspecified atom stereocenters. The smallest absolute Gasteiger partial charge is 0.265 e. The second-order valence-corrected chi connectivity index (χ2v) is 7.31. The average Bonchev–Trinajstić information content (AvgIpc) is 2.57. The van der Waals surface area contributed by atoms with Crippen molar-refractivity contribution >= 4 is 38.9 Å². The molecule has 0 saturated carbocycles. The van der Waals surface area contributed by atoms with Gasteiger partial charge in [0.05, 0.1) is 31.5 Å². The molecule has 0 saturated heterocycles. The van der Waals surface area contributed by atoms with Gasteiger partial charge < -0.3 is 14.2 Å². The van der Waals surface area contributed by atoms with Gasteiger partial charge in [-0.15, -0.1) is 0 Å². The number of anilines is 1. The minimum Gasteiger partial charge on any atom is -0.495 e. The minimum absolute atomic E-state index is 0.0854. The van der Waals surface area contributed by atoms with Crippen LogP contribution in [0.3, 0.4) is 0 Å². The topological polar surface area (TPSA) is 73.9 Å². The Balaban J connectivity index is 2.51. The van der Waals surface area contributed by atoms with E-state index in [9.17, 15) is 8.42 Å². The van der Waals surface area contributed by atoms with Crippen molar-refractivity contribution in [3.05, 3.63) is 40.4 Å². The lowest BCUT2D eigenvalue weighted by Crippen LogP contribution is -2.15. The minimum atomic E-state index is -4.00. The predicted octanol–water partition coefficient (Wildman–Crippen LogP) is 4.21. The molecule has 2 rings (SSSR count). The molecule has 6 nitrogen and oxygen atoms in total. The van der Waals surface area contributed by atoms with E-state index in [1.165, 1.54) is 38.5 Å². The molecule has 0 fully saturated rings. The van der Waals surface area contributed by atoms with Gasteiger partial charge in [0.2, 0.25) is 0 Å². The van der Waals surface area contributed by atoms with Crippen LogP contribution < -0.4 is 18.9 Å². The number of halogens is 2. The van der Waals surface area contributed by atoms with E-state index in [0.717, 1.165) is 0 Å². The summed E-state index contributed by atoms with van der Waals surface area (Å²) in [7, 11) is -1.17. The summed E-state index contributed by atoms with van der Waals surface area (Å²) in [5.41, 5.74) is 0.172. The Kier molecular flexibility index (Phi) is 6.26. The van der Waals surface area contributed by atoms with Crippen molar-refractivity contribution in [3.63, 3.8) is 0 Å². The van der Waals surface area contributed by atoms with Crippen molar-refractivity contribution in [2.75, 3.05) is 25.5 Å². The van der Waals surface area contributed by atoms with Crippen molar-refractivity contribution in [1.82, 2.24) is 0 Å². The first-order chi connectivity index (χ1) is 11.8. The third-order valence-electron chi connectivity index (χ3n) is 3.21. The molecular formula is C16H17Cl2NO5S. The second-order valence-electron chi connectivity index (χ2n) is 4.82. The number of methoxy groups -OCH3 is 2. The van der Waals surface area contributed by atoms with Crippen LogP contribution in [0.15, 0.2) is 35.2 Å². The molecule has 9 heteroatoms. The van der Waals surface area contributed by atoms with Crippen molar-refractivity contribution in [1.29, 1.82) is 0 Å². The fourth-order valence-corrected chi connectivity index (χ4v) is 3.81. The van der Waals surface area contributed by atoms with Gasteiger partial charge in [-0.2, -0.15) is 0 Å². The van der Waals surface area contributed by atoms with Gasteiger partial charge >= 0.3 is 0 Å². The molecule has 0 bridgehead atoms. The fraction of sp³-hybridized carbons (Fsp3) is 0.250. The van der Waals surface area contributed by atoms with Gasteiger partial charge in [0.15, 0.2) is 0 Å². The molecule has 0 amide bonds. The van der Waals surface area contributed by atoms with E-state index in [0.29, 0.717) is 17.4 Å². The molecule has 0 aliphatic carbocycles. The summed E-state index contributed by atoms with van der Waals surface area (Å²) in [6.07, 6.45) is 0. The van der Waals surface area contributed by atoms with Crippen molar-refractivity contribution in [2.45, 2.75) is 11.8 Å². The van der Waals surface area contributed by atoms with E-state index < -0.39 is 10.0 Å². The first-order valence-electron chi connectivity index (χ1n) is 7.19. The lowest BCUT2D eigenvalue weighted by atomic mass is 10.3. The van der Waals surface area contributed by atoms with E-state index in [-0.39, 0.29) is 27.1 Å². The Morgan fingerprint density at radius 3 is 2.28 bits per heavy atom. The van der Waals surface area contributed by atoms with E-state index in [1.807, 2.05) is 0 Å². The molecule has 1 N–H and O–H groups in total. The van der Waals surface area contributed by atoms with Crippen LogP contribution in [-0.2, 0) is 10.0 Å². The zero-order valence-electron chi connectivity index (χ0n) is 13.8. The fourth-order valence-electron chi connectivity index (χ4n) is 2.11. The molecule has 136 valence electrons. The Hall–Kier alpha value is -1.83. The summed E-state index contributed by atoms with van der Waals surface area (Å²) in [6.45, 7) is 2.06. The van der Waals surface area contributed by atoms with Crippen LogP contribution in [0.25, 0.3) is 0 Å². The maximum absolute atomic E-state index is 12.8. The Morgan fingerprint density at radius 2 is 1.68 bits per heavy atom. The van der Waals surface area contributed by atoms with E-state index in [4.69, 9.17) is 37.4 Å². The van der Waals surface area contributed by atoms with Gasteiger partial charge in [0, 0.05) is 17.2 Å². The zero-order valence-corrected chi connectivity index (χ0v) is 16.1. The summed E-state index contributed by atoms with van der Waals surface area (Å²) < 4.78 is 43.8. The molecule has 25 heavy (non-hydrogen) atoms. The highest BCUT2D eigenvalue weighted by molar-refractivity contribution is 7.92. The number of nitrogens with one attached hydrogen (secondary N) is 1. The number of rotatable bonds is 7. The maximum atomic E-state index is 12.8. The molecule has 2 aromatic rings. The Bertz CT molecular complexity index is 871. The highest BCUT2D eigenvalue weighted by Crippen LogP contribution is 2.38. The number of sulfonamides is 1. The normalized spacial score (nSPS) is 11.1. The third kappa shape index (κ3) is 4.42. The molecule has 0 radical (unpaired) electrons. The highest BCUT2D eigenvalue weighted by Gasteiger charge is 2.23. The molecule has 0 aromatic heterocycles. The number of hydrogen-bond acceptors (Lipinski definition) is 5. The molecule has 0 spiro atoms. The standard InChI is InChI=1S/C16H17Cl2NO5S/c1-4-24-13-6-5-10(17)7-16(13)25(20,21)19-12-9-14(22-2)11(18)8-15(12)23-3/h5-9,19H,4H2,1-3H3. The zero-order chi connectivity index (χ0) is 18.6. The monoisotopic (exact) mass is 405 g/mol. The summed E-state index contributed by atoms with van der Waals surface area (Å²) in [5, 5.41) is 0.560. The molecule has 0 aliphatic rings. The van der Waals surface area contributed by atoms with Crippen molar-refractivity contribution < 1.29 is 22.6 Å². The first-order valence-corrected chi connectivity index (χ1v) is 9.43.